The number of nitrogens with one attached hydrogen (secondary N) is 1. The first kappa shape index (κ1) is 16.9. The number of para-hydroxylation sites is 1. The van der Waals surface area contributed by atoms with E-state index in [0.717, 1.165) is 6.07 Å². The number of carbonyl (C=O) groups is 1. The Balaban J connectivity index is 2.59. The predicted octanol–water partition coefficient (Wildman–Crippen LogP) is 3.43. The van der Waals surface area contributed by atoms with Gasteiger partial charge in [0.15, 0.2) is 0 Å². The summed E-state index contributed by atoms with van der Waals surface area (Å²) in [6.07, 6.45) is 1.85. The van der Waals surface area contributed by atoms with Crippen molar-refractivity contribution in [2.75, 3.05) is 5.32 Å². The Bertz CT molecular complexity index is 522. The van der Waals surface area contributed by atoms with Gasteiger partial charge in [-0.15, -0.1) is 0 Å². The molecule has 2 N–H and O–H groups in total. The maximum atomic E-state index is 13.5. The largest absolute Gasteiger partial charge is 0.481 e. The fourth-order valence-corrected chi connectivity index (χ4v) is 2.01. The van der Waals surface area contributed by atoms with Crippen molar-refractivity contribution in [2.45, 2.75) is 39.2 Å². The van der Waals surface area contributed by atoms with Crippen molar-refractivity contribution in [1.82, 2.24) is 0 Å². The van der Waals surface area contributed by atoms with E-state index in [1.165, 1.54) is 12.1 Å². The molecule has 0 saturated heterocycles. The van der Waals surface area contributed by atoms with E-state index in [2.05, 4.69) is 5.32 Å². The van der Waals surface area contributed by atoms with Gasteiger partial charge in [-0.3, -0.25) is 14.9 Å². The van der Waals surface area contributed by atoms with Gasteiger partial charge in [0.1, 0.15) is 5.69 Å². The monoisotopic (exact) mass is 298 g/mol. The number of benzene rings is 1. The molecule has 0 bridgehead atoms. The molecule has 116 valence electrons. The Morgan fingerprint density at radius 2 is 2.10 bits per heavy atom. The number of nitro benzene ring substituents is 1. The van der Waals surface area contributed by atoms with Crippen LogP contribution in [0.15, 0.2) is 18.2 Å². The normalized spacial score (nSPS) is 13.5. The van der Waals surface area contributed by atoms with Crippen molar-refractivity contribution in [1.29, 1.82) is 0 Å². The van der Waals surface area contributed by atoms with E-state index in [4.69, 9.17) is 5.11 Å². The van der Waals surface area contributed by atoms with E-state index in [9.17, 15) is 19.3 Å². The van der Waals surface area contributed by atoms with Gasteiger partial charge >= 0.3 is 11.7 Å². The average molecular weight is 298 g/mol. The van der Waals surface area contributed by atoms with E-state index >= 15 is 0 Å². The maximum absolute atomic E-state index is 13.5. The number of rotatable bonds is 8. The molecular formula is C14H19FN2O4. The number of carboxylic acid groups (broad SMARTS) is 1. The molecule has 0 radical (unpaired) electrons. The maximum Gasteiger partial charge on any atom is 0.327 e. The van der Waals surface area contributed by atoms with E-state index < -0.39 is 28.3 Å². The molecule has 1 rings (SSSR count). The molecule has 1 aromatic rings. The number of hydrogen-bond acceptors (Lipinski definition) is 4. The molecule has 0 amide bonds. The summed E-state index contributed by atoms with van der Waals surface area (Å²) in [6, 6.07) is 3.79. The highest BCUT2D eigenvalue weighted by molar-refractivity contribution is 5.69. The van der Waals surface area contributed by atoms with Crippen molar-refractivity contribution >= 4 is 17.3 Å². The van der Waals surface area contributed by atoms with Crippen molar-refractivity contribution in [3.63, 3.8) is 0 Å². The number of hydrogen-bond donors (Lipinski definition) is 2. The zero-order valence-corrected chi connectivity index (χ0v) is 12.0. The minimum atomic E-state index is -0.878. The Kier molecular flexibility index (Phi) is 6.08. The number of aliphatic carboxylic acids is 1. The third-order valence-corrected chi connectivity index (χ3v) is 3.27. The number of carboxylic acids is 1. The molecule has 0 aliphatic carbocycles. The summed E-state index contributed by atoms with van der Waals surface area (Å²) in [4.78, 5) is 20.8. The number of nitrogens with zero attached hydrogens (tertiary/aromatic N) is 1. The van der Waals surface area contributed by atoms with Crippen LogP contribution in [0.25, 0.3) is 0 Å². The second kappa shape index (κ2) is 7.56. The highest BCUT2D eigenvalue weighted by atomic mass is 19.1. The molecule has 7 heteroatoms. The van der Waals surface area contributed by atoms with Crippen molar-refractivity contribution in [3.8, 4) is 0 Å². The Labute approximate surface area is 122 Å². The Hall–Kier alpha value is -2.18. The molecule has 2 unspecified atom stereocenters. The summed E-state index contributed by atoms with van der Waals surface area (Å²) in [7, 11) is 0. The Morgan fingerprint density at radius 1 is 1.43 bits per heavy atom. The molecule has 0 spiro atoms. The highest BCUT2D eigenvalue weighted by Gasteiger charge is 2.20. The van der Waals surface area contributed by atoms with Gasteiger partial charge in [0, 0.05) is 6.04 Å². The lowest BCUT2D eigenvalue weighted by atomic mass is 10.0. The lowest BCUT2D eigenvalue weighted by Crippen LogP contribution is -2.17. The second-order valence-electron chi connectivity index (χ2n) is 5.11. The van der Waals surface area contributed by atoms with Gasteiger partial charge in [0.25, 0.3) is 0 Å². The van der Waals surface area contributed by atoms with Crippen molar-refractivity contribution < 1.29 is 19.2 Å². The molecule has 0 fully saturated rings. The smallest absolute Gasteiger partial charge is 0.327 e. The predicted molar refractivity (Wildman–Crippen MR) is 76.8 cm³/mol. The average Bonchev–Trinajstić information content (AvgIpc) is 2.37. The quantitative estimate of drug-likeness (QED) is 0.566. The molecule has 0 aliphatic rings. The van der Waals surface area contributed by atoms with E-state index in [-0.39, 0.29) is 11.7 Å². The van der Waals surface area contributed by atoms with Crippen LogP contribution in [0.1, 0.15) is 33.1 Å². The summed E-state index contributed by atoms with van der Waals surface area (Å²) in [5.41, 5.74) is -0.429. The van der Waals surface area contributed by atoms with Gasteiger partial charge in [0.2, 0.25) is 5.82 Å². The number of nitro groups is 1. The molecule has 0 heterocycles. The van der Waals surface area contributed by atoms with Crippen molar-refractivity contribution in [3.05, 3.63) is 34.1 Å². The molecule has 1 aromatic carbocycles. The molecule has 2 atom stereocenters. The topological polar surface area (TPSA) is 92.5 Å². The molecule has 6 nitrogen and oxygen atoms in total. The molecule has 0 aromatic heterocycles. The van der Waals surface area contributed by atoms with Crippen LogP contribution >= 0.6 is 0 Å². The van der Waals surface area contributed by atoms with Crippen LogP contribution in [0, 0.1) is 21.8 Å². The summed E-state index contributed by atoms with van der Waals surface area (Å²) in [5.74, 6) is -2.13. The first-order chi connectivity index (χ1) is 9.82. The summed E-state index contributed by atoms with van der Waals surface area (Å²) in [5, 5.41) is 22.5. The second-order valence-corrected chi connectivity index (χ2v) is 5.11. The molecule has 0 saturated carbocycles. The van der Waals surface area contributed by atoms with E-state index in [1.54, 1.807) is 6.92 Å². The molecule has 21 heavy (non-hydrogen) atoms. The van der Waals surface area contributed by atoms with Crippen LogP contribution < -0.4 is 5.32 Å². The fourth-order valence-electron chi connectivity index (χ4n) is 2.01. The highest BCUT2D eigenvalue weighted by Crippen LogP contribution is 2.28. The summed E-state index contributed by atoms with van der Waals surface area (Å²) >= 11 is 0. The first-order valence-corrected chi connectivity index (χ1v) is 6.75. The number of anilines is 1. The fraction of sp³-hybridized carbons (Fsp3) is 0.500. The van der Waals surface area contributed by atoms with Gasteiger partial charge in [-0.2, -0.15) is 4.39 Å². The third kappa shape index (κ3) is 5.02. The lowest BCUT2D eigenvalue weighted by Gasteiger charge is -2.16. The SMILES string of the molecule is CC(CCCC(C)C(=O)O)Nc1cccc(F)c1[N+](=O)[O-]. The summed E-state index contributed by atoms with van der Waals surface area (Å²) < 4.78 is 13.5. The van der Waals surface area contributed by atoms with Gasteiger partial charge in [0.05, 0.1) is 10.8 Å². The van der Waals surface area contributed by atoms with E-state index in [0.29, 0.717) is 19.3 Å². The van der Waals surface area contributed by atoms with Crippen LogP contribution in [0.3, 0.4) is 0 Å². The zero-order valence-electron chi connectivity index (χ0n) is 12.0. The third-order valence-electron chi connectivity index (χ3n) is 3.27. The minimum Gasteiger partial charge on any atom is -0.481 e. The van der Waals surface area contributed by atoms with Gasteiger partial charge in [-0.1, -0.05) is 19.4 Å². The standard InChI is InChI=1S/C14H19FN2O4/c1-9(14(18)19)5-3-6-10(2)16-12-8-4-7-11(15)13(12)17(20)21/h4,7-10,16H,3,5-6H2,1-2H3,(H,18,19). The van der Waals surface area contributed by atoms with Gasteiger partial charge < -0.3 is 10.4 Å². The molecule has 0 aliphatic heterocycles. The van der Waals surface area contributed by atoms with Crippen LogP contribution in [0.4, 0.5) is 15.8 Å². The van der Waals surface area contributed by atoms with Gasteiger partial charge in [-0.05, 0) is 31.9 Å². The van der Waals surface area contributed by atoms with Crippen LogP contribution in [-0.4, -0.2) is 22.0 Å². The van der Waals surface area contributed by atoms with Crippen molar-refractivity contribution in [2.24, 2.45) is 5.92 Å². The van der Waals surface area contributed by atoms with Crippen LogP contribution in [0.5, 0.6) is 0 Å². The minimum absolute atomic E-state index is 0.119. The number of halogens is 1. The summed E-state index contributed by atoms with van der Waals surface area (Å²) in [6.45, 7) is 3.46. The zero-order chi connectivity index (χ0) is 16.0. The lowest BCUT2D eigenvalue weighted by molar-refractivity contribution is -0.386. The van der Waals surface area contributed by atoms with Crippen LogP contribution in [-0.2, 0) is 4.79 Å². The van der Waals surface area contributed by atoms with Crippen LogP contribution in [0.2, 0.25) is 0 Å². The van der Waals surface area contributed by atoms with E-state index in [1.807, 2.05) is 6.92 Å². The van der Waals surface area contributed by atoms with Gasteiger partial charge in [-0.25, -0.2) is 0 Å². The molecular weight excluding hydrogens is 279 g/mol. The Morgan fingerprint density at radius 3 is 2.67 bits per heavy atom. The first-order valence-electron chi connectivity index (χ1n) is 6.75.